The summed E-state index contributed by atoms with van der Waals surface area (Å²) >= 11 is 0. The van der Waals surface area contributed by atoms with Crippen molar-refractivity contribution in [3.05, 3.63) is 0 Å². The van der Waals surface area contributed by atoms with Gasteiger partial charge in [-0.25, -0.2) is 0 Å². The van der Waals surface area contributed by atoms with Crippen LogP contribution in [0.25, 0.3) is 0 Å². The van der Waals surface area contributed by atoms with Crippen LogP contribution in [0.2, 0.25) is 0 Å². The van der Waals surface area contributed by atoms with Crippen LogP contribution in [0.4, 0.5) is 0 Å². The summed E-state index contributed by atoms with van der Waals surface area (Å²) in [5, 5.41) is 0. The van der Waals surface area contributed by atoms with Crippen LogP contribution >= 0.6 is 12.4 Å². The Bertz CT molecular complexity index is 389. The lowest BCUT2D eigenvalue weighted by Crippen LogP contribution is -2.53. The van der Waals surface area contributed by atoms with Crippen molar-refractivity contribution < 1.29 is 4.79 Å². The Morgan fingerprint density at radius 2 is 1.50 bits per heavy atom. The first kappa shape index (κ1) is 16.6. The average molecular weight is 327 g/mol. The third-order valence-electron chi connectivity index (χ3n) is 7.11. The van der Waals surface area contributed by atoms with E-state index in [1.54, 1.807) is 0 Å². The molecule has 4 saturated carbocycles. The molecule has 1 amide bonds. The molecule has 0 spiro atoms. The Morgan fingerprint density at radius 1 is 1.00 bits per heavy atom. The summed E-state index contributed by atoms with van der Waals surface area (Å²) < 4.78 is 0. The van der Waals surface area contributed by atoms with E-state index in [1.165, 1.54) is 32.1 Å². The van der Waals surface area contributed by atoms with E-state index in [1.807, 2.05) is 0 Å². The summed E-state index contributed by atoms with van der Waals surface area (Å²) in [7, 11) is 0. The van der Waals surface area contributed by atoms with Gasteiger partial charge >= 0.3 is 0 Å². The van der Waals surface area contributed by atoms with E-state index < -0.39 is 0 Å². The highest BCUT2D eigenvalue weighted by Gasteiger charge is 2.51. The number of carbonyl (C=O) groups is 1. The highest BCUT2D eigenvalue weighted by atomic mass is 35.5. The van der Waals surface area contributed by atoms with Gasteiger partial charge < -0.3 is 10.6 Å². The Balaban J connectivity index is 0.00000144. The van der Waals surface area contributed by atoms with E-state index in [9.17, 15) is 4.79 Å². The summed E-state index contributed by atoms with van der Waals surface area (Å²) in [6, 6.07) is 0.281. The largest absolute Gasteiger partial charge is 0.342 e. The number of rotatable bonds is 2. The standard InChI is InChI=1S/C18H30N2O.ClH/c1-11(19)14-2-4-20(5-3-14)18(21)17-15-7-12-6-13(9-15)10-16(17)8-12;/h11-17H,2-10,19H2,1H3;1H. The smallest absolute Gasteiger partial charge is 0.226 e. The fourth-order valence-corrected chi connectivity index (χ4v) is 6.18. The predicted molar refractivity (Wildman–Crippen MR) is 90.7 cm³/mol. The predicted octanol–water partition coefficient (Wildman–Crippen LogP) is 3.07. The van der Waals surface area contributed by atoms with Crippen LogP contribution < -0.4 is 5.73 Å². The molecular weight excluding hydrogens is 296 g/mol. The van der Waals surface area contributed by atoms with E-state index in [0.717, 1.165) is 49.6 Å². The lowest BCUT2D eigenvalue weighted by atomic mass is 9.51. The lowest BCUT2D eigenvalue weighted by Gasteiger charge is -2.54. The van der Waals surface area contributed by atoms with Gasteiger partial charge in [-0.3, -0.25) is 4.79 Å². The second-order valence-corrected chi connectivity index (χ2v) is 8.48. The molecule has 5 aliphatic rings. The van der Waals surface area contributed by atoms with Crippen molar-refractivity contribution in [2.24, 2.45) is 41.2 Å². The van der Waals surface area contributed by atoms with Gasteiger partial charge in [0.25, 0.3) is 0 Å². The van der Waals surface area contributed by atoms with Crippen LogP contribution in [0.1, 0.15) is 51.9 Å². The molecule has 4 heteroatoms. The van der Waals surface area contributed by atoms with Crippen molar-refractivity contribution in [2.45, 2.75) is 57.9 Å². The van der Waals surface area contributed by atoms with Crippen molar-refractivity contribution in [2.75, 3.05) is 13.1 Å². The number of piperidine rings is 1. The third-order valence-corrected chi connectivity index (χ3v) is 7.11. The topological polar surface area (TPSA) is 46.3 Å². The van der Waals surface area contributed by atoms with Crippen LogP contribution in [-0.2, 0) is 4.79 Å². The van der Waals surface area contributed by atoms with E-state index in [2.05, 4.69) is 11.8 Å². The first-order valence-corrected chi connectivity index (χ1v) is 9.16. The van der Waals surface area contributed by atoms with Gasteiger partial charge in [0.2, 0.25) is 5.91 Å². The van der Waals surface area contributed by atoms with Crippen molar-refractivity contribution in [3.8, 4) is 0 Å². The van der Waals surface area contributed by atoms with Crippen molar-refractivity contribution in [1.29, 1.82) is 0 Å². The maximum absolute atomic E-state index is 13.1. The zero-order valence-corrected chi connectivity index (χ0v) is 14.6. The molecule has 1 aliphatic heterocycles. The van der Waals surface area contributed by atoms with Crippen LogP contribution in [0, 0.1) is 35.5 Å². The molecule has 1 heterocycles. The minimum Gasteiger partial charge on any atom is -0.342 e. The van der Waals surface area contributed by atoms with Crippen LogP contribution in [0.5, 0.6) is 0 Å². The minimum absolute atomic E-state index is 0. The molecule has 0 aromatic heterocycles. The summed E-state index contributed by atoms with van der Waals surface area (Å²) in [4.78, 5) is 15.2. The Morgan fingerprint density at radius 3 is 1.95 bits per heavy atom. The second kappa shape index (κ2) is 6.32. The van der Waals surface area contributed by atoms with Crippen molar-refractivity contribution in [1.82, 2.24) is 4.90 Å². The number of halogens is 1. The molecule has 4 bridgehead atoms. The number of amides is 1. The number of nitrogens with zero attached hydrogens (tertiary/aromatic N) is 1. The number of hydrogen-bond donors (Lipinski definition) is 1. The molecule has 0 radical (unpaired) electrons. The van der Waals surface area contributed by atoms with E-state index in [4.69, 9.17) is 5.73 Å². The molecule has 1 saturated heterocycles. The molecule has 126 valence electrons. The lowest BCUT2D eigenvalue weighted by molar-refractivity contribution is -0.150. The number of carbonyl (C=O) groups excluding carboxylic acids is 1. The maximum Gasteiger partial charge on any atom is 0.226 e. The highest BCUT2D eigenvalue weighted by Crippen LogP contribution is 2.56. The number of nitrogens with two attached hydrogens (primary N) is 1. The Labute approximate surface area is 140 Å². The molecule has 5 rings (SSSR count). The second-order valence-electron chi connectivity index (χ2n) is 8.48. The summed E-state index contributed by atoms with van der Waals surface area (Å²) in [6.45, 7) is 4.02. The van der Waals surface area contributed by atoms with Gasteiger partial charge in [-0.1, -0.05) is 0 Å². The first-order valence-electron chi connectivity index (χ1n) is 9.16. The molecular formula is C18H31ClN2O. The van der Waals surface area contributed by atoms with Gasteiger partial charge in [0, 0.05) is 25.0 Å². The monoisotopic (exact) mass is 326 g/mol. The van der Waals surface area contributed by atoms with Crippen LogP contribution in [-0.4, -0.2) is 29.9 Å². The minimum atomic E-state index is 0. The average Bonchev–Trinajstić information content (AvgIpc) is 2.46. The van der Waals surface area contributed by atoms with Gasteiger partial charge in [-0.2, -0.15) is 0 Å². The van der Waals surface area contributed by atoms with Crippen molar-refractivity contribution in [3.63, 3.8) is 0 Å². The molecule has 1 atom stereocenters. The molecule has 22 heavy (non-hydrogen) atoms. The normalized spacial score (nSPS) is 42.1. The zero-order valence-electron chi connectivity index (χ0n) is 13.7. The van der Waals surface area contributed by atoms with Gasteiger partial charge in [-0.05, 0) is 81.5 Å². The van der Waals surface area contributed by atoms with Crippen molar-refractivity contribution >= 4 is 18.3 Å². The summed E-state index contributed by atoms with van der Waals surface area (Å²) in [5.74, 6) is 4.87. The van der Waals surface area contributed by atoms with E-state index >= 15 is 0 Å². The molecule has 3 nitrogen and oxygen atoms in total. The zero-order chi connectivity index (χ0) is 14.6. The van der Waals surface area contributed by atoms with E-state index in [-0.39, 0.29) is 18.4 Å². The first-order chi connectivity index (χ1) is 10.1. The van der Waals surface area contributed by atoms with Gasteiger partial charge in [0.05, 0.1) is 0 Å². The fraction of sp³-hybridized carbons (Fsp3) is 0.944. The van der Waals surface area contributed by atoms with Gasteiger partial charge in [-0.15, -0.1) is 12.4 Å². The Hall–Kier alpha value is -0.280. The van der Waals surface area contributed by atoms with E-state index in [0.29, 0.717) is 17.7 Å². The van der Waals surface area contributed by atoms with Gasteiger partial charge in [0.1, 0.15) is 0 Å². The molecule has 0 aromatic rings. The molecule has 4 aliphatic carbocycles. The van der Waals surface area contributed by atoms with Crippen LogP contribution in [0.15, 0.2) is 0 Å². The highest BCUT2D eigenvalue weighted by molar-refractivity contribution is 5.85. The molecule has 1 unspecified atom stereocenters. The summed E-state index contributed by atoms with van der Waals surface area (Å²) in [5.41, 5.74) is 6.02. The number of hydrogen-bond acceptors (Lipinski definition) is 2. The number of likely N-dealkylation sites (tertiary alicyclic amines) is 1. The van der Waals surface area contributed by atoms with Gasteiger partial charge in [0.15, 0.2) is 0 Å². The fourth-order valence-electron chi connectivity index (χ4n) is 6.18. The molecule has 2 N–H and O–H groups in total. The maximum atomic E-state index is 13.1. The summed E-state index contributed by atoms with van der Waals surface area (Å²) in [6.07, 6.45) is 9.07. The Kier molecular flexibility index (Phi) is 4.76. The third kappa shape index (κ3) is 2.80. The SMILES string of the molecule is CC(N)C1CCN(C(=O)C2C3CC4CC(C3)CC2C4)CC1.Cl. The molecule has 5 fully saturated rings. The quantitative estimate of drug-likeness (QED) is 0.847. The van der Waals surface area contributed by atoms with Crippen LogP contribution in [0.3, 0.4) is 0 Å². The molecule has 0 aromatic carbocycles.